The fraction of sp³-hybridized carbons (Fsp3) is 0.654. The van der Waals surface area contributed by atoms with Crippen molar-refractivity contribution in [2.75, 3.05) is 13.2 Å². The summed E-state index contributed by atoms with van der Waals surface area (Å²) in [5, 5.41) is 9.86. The quantitative estimate of drug-likeness (QED) is 0.519. The molecule has 0 aliphatic carbocycles. The number of rotatable bonds is 7. The third-order valence-electron chi connectivity index (χ3n) is 7.74. The Labute approximate surface area is 214 Å². The number of nitrogens with zero attached hydrogens (tertiary/aromatic N) is 2. The van der Waals surface area contributed by atoms with E-state index in [1.54, 1.807) is 20.8 Å². The molecule has 0 spiro atoms. The molecule has 200 valence electrons. The van der Waals surface area contributed by atoms with Gasteiger partial charge in [-0.1, -0.05) is 58.0 Å². The molecule has 2 saturated heterocycles. The van der Waals surface area contributed by atoms with E-state index in [4.69, 9.17) is 13.9 Å². The van der Waals surface area contributed by atoms with E-state index >= 15 is 0 Å². The molecule has 0 unspecified atom stereocenters. The molecule has 10 heteroatoms. The summed E-state index contributed by atoms with van der Waals surface area (Å²) in [6, 6.07) is 8.46. The summed E-state index contributed by atoms with van der Waals surface area (Å²) in [7, 11) is -2.45. The third kappa shape index (κ3) is 5.60. The Morgan fingerprint density at radius 1 is 1.19 bits per heavy atom. The molecule has 2 heterocycles. The van der Waals surface area contributed by atoms with Gasteiger partial charge in [-0.05, 0) is 44.0 Å². The highest BCUT2D eigenvalue weighted by atomic mass is 28.4. The lowest BCUT2D eigenvalue weighted by atomic mass is 9.94. The standard InChI is InChI=1S/C26H40N2O7Si/c1-17(22(29)27-19(15-33-24(27)32)14-18-12-10-9-11-13-18)21(35-36(7,8)25(2,3)4)20-16-34-26(5,6)28(20)23(30)31/h9-13,17,19-21H,14-16H2,1-8H3,(H,30,31)/t17-,19-,20-,21-/m1/s1. The molecular formula is C26H40N2O7Si. The van der Waals surface area contributed by atoms with Crippen molar-refractivity contribution in [1.29, 1.82) is 0 Å². The minimum Gasteiger partial charge on any atom is -0.465 e. The Kier molecular flexibility index (Phi) is 7.93. The highest BCUT2D eigenvalue weighted by Gasteiger charge is 2.54. The van der Waals surface area contributed by atoms with Crippen LogP contribution < -0.4 is 0 Å². The smallest absolute Gasteiger partial charge is 0.416 e. The second kappa shape index (κ2) is 10.1. The van der Waals surface area contributed by atoms with Crippen molar-refractivity contribution in [3.63, 3.8) is 0 Å². The summed E-state index contributed by atoms with van der Waals surface area (Å²) in [4.78, 5) is 41.3. The van der Waals surface area contributed by atoms with Gasteiger partial charge in [0.05, 0.1) is 30.7 Å². The van der Waals surface area contributed by atoms with Crippen molar-refractivity contribution in [3.8, 4) is 0 Å². The number of carboxylic acid groups (broad SMARTS) is 1. The Morgan fingerprint density at radius 2 is 1.81 bits per heavy atom. The molecule has 2 aliphatic heterocycles. The van der Waals surface area contributed by atoms with E-state index in [0.29, 0.717) is 6.42 Å². The van der Waals surface area contributed by atoms with E-state index < -0.39 is 56.2 Å². The molecule has 1 aromatic carbocycles. The summed E-state index contributed by atoms with van der Waals surface area (Å²) >= 11 is 0. The first-order chi connectivity index (χ1) is 16.6. The summed E-state index contributed by atoms with van der Waals surface area (Å²) < 4.78 is 17.9. The first-order valence-corrected chi connectivity index (χ1v) is 15.4. The van der Waals surface area contributed by atoms with Crippen molar-refractivity contribution in [1.82, 2.24) is 9.80 Å². The maximum atomic E-state index is 13.9. The fourth-order valence-corrected chi connectivity index (χ4v) is 6.00. The van der Waals surface area contributed by atoms with Crippen LogP contribution in [0.2, 0.25) is 18.1 Å². The van der Waals surface area contributed by atoms with Crippen LogP contribution in [0, 0.1) is 5.92 Å². The predicted octanol–water partition coefficient (Wildman–Crippen LogP) is 4.72. The topological polar surface area (TPSA) is 106 Å². The molecule has 1 N–H and O–H groups in total. The van der Waals surface area contributed by atoms with E-state index in [1.165, 1.54) is 9.80 Å². The third-order valence-corrected chi connectivity index (χ3v) is 12.2. The summed E-state index contributed by atoms with van der Waals surface area (Å²) in [5.74, 6) is -1.25. The molecule has 2 aliphatic rings. The van der Waals surface area contributed by atoms with Gasteiger partial charge in [-0.2, -0.15) is 0 Å². The highest BCUT2D eigenvalue weighted by molar-refractivity contribution is 6.74. The largest absolute Gasteiger partial charge is 0.465 e. The Morgan fingerprint density at radius 3 is 2.36 bits per heavy atom. The second-order valence-corrected chi connectivity index (χ2v) is 16.5. The summed E-state index contributed by atoms with van der Waals surface area (Å²) in [6.07, 6.45) is -2.16. The number of cyclic esters (lactones) is 1. The number of carbonyl (C=O) groups is 3. The van der Waals surface area contributed by atoms with Crippen LogP contribution in [0.5, 0.6) is 0 Å². The van der Waals surface area contributed by atoms with Crippen LogP contribution in [-0.2, 0) is 25.1 Å². The van der Waals surface area contributed by atoms with Crippen LogP contribution >= 0.6 is 0 Å². The first-order valence-electron chi connectivity index (χ1n) is 12.4. The average molecular weight is 521 g/mol. The monoisotopic (exact) mass is 520 g/mol. The zero-order valence-corrected chi connectivity index (χ0v) is 23.6. The summed E-state index contributed by atoms with van der Waals surface area (Å²) in [5.41, 5.74) is -0.0835. The first kappa shape index (κ1) is 28.1. The van der Waals surface area contributed by atoms with Crippen molar-refractivity contribution in [2.24, 2.45) is 5.92 Å². The fourth-order valence-electron chi connectivity index (χ4n) is 4.60. The van der Waals surface area contributed by atoms with Gasteiger partial charge in [0.25, 0.3) is 0 Å². The Bertz CT molecular complexity index is 976. The lowest BCUT2D eigenvalue weighted by molar-refractivity contribution is -0.137. The van der Waals surface area contributed by atoms with Crippen molar-refractivity contribution in [2.45, 2.75) is 90.0 Å². The molecule has 0 saturated carbocycles. The molecule has 0 bridgehead atoms. The number of ether oxygens (including phenoxy) is 2. The lowest BCUT2D eigenvalue weighted by Gasteiger charge is -2.44. The summed E-state index contributed by atoms with van der Waals surface area (Å²) in [6.45, 7) is 15.7. The van der Waals surface area contributed by atoms with E-state index in [1.807, 2.05) is 30.3 Å². The van der Waals surface area contributed by atoms with E-state index in [-0.39, 0.29) is 18.3 Å². The van der Waals surface area contributed by atoms with Gasteiger partial charge in [-0.15, -0.1) is 0 Å². The van der Waals surface area contributed by atoms with Crippen molar-refractivity contribution < 1.29 is 33.4 Å². The predicted molar refractivity (Wildman–Crippen MR) is 137 cm³/mol. The van der Waals surface area contributed by atoms with Crippen LogP contribution in [0.25, 0.3) is 0 Å². The molecule has 2 fully saturated rings. The van der Waals surface area contributed by atoms with Gasteiger partial charge in [0.1, 0.15) is 12.3 Å². The van der Waals surface area contributed by atoms with Crippen LogP contribution in [0.3, 0.4) is 0 Å². The zero-order valence-electron chi connectivity index (χ0n) is 22.6. The van der Waals surface area contributed by atoms with Crippen LogP contribution in [0.15, 0.2) is 30.3 Å². The average Bonchev–Trinajstić information content (AvgIpc) is 3.29. The number of hydrogen-bond donors (Lipinski definition) is 1. The molecule has 3 rings (SSSR count). The van der Waals surface area contributed by atoms with Crippen LogP contribution in [-0.4, -0.2) is 78.4 Å². The molecular weight excluding hydrogens is 480 g/mol. The van der Waals surface area contributed by atoms with E-state index in [9.17, 15) is 19.5 Å². The van der Waals surface area contributed by atoms with E-state index in [0.717, 1.165) is 5.56 Å². The van der Waals surface area contributed by atoms with Gasteiger partial charge >= 0.3 is 12.2 Å². The van der Waals surface area contributed by atoms with Gasteiger partial charge in [0.15, 0.2) is 8.32 Å². The van der Waals surface area contributed by atoms with Crippen molar-refractivity contribution >= 4 is 26.4 Å². The molecule has 3 amide bonds. The Hall–Kier alpha value is -2.43. The molecule has 4 atom stereocenters. The van der Waals surface area contributed by atoms with Gasteiger partial charge in [-0.25, -0.2) is 14.5 Å². The zero-order chi connectivity index (χ0) is 27.1. The van der Waals surface area contributed by atoms with Gasteiger partial charge in [0.2, 0.25) is 5.91 Å². The molecule has 0 radical (unpaired) electrons. The maximum absolute atomic E-state index is 13.9. The molecule has 1 aromatic rings. The van der Waals surface area contributed by atoms with Gasteiger partial charge in [-0.3, -0.25) is 9.69 Å². The normalized spacial score (nSPS) is 23.9. The molecule has 9 nitrogen and oxygen atoms in total. The van der Waals surface area contributed by atoms with Crippen LogP contribution in [0.4, 0.5) is 9.59 Å². The number of amides is 3. The van der Waals surface area contributed by atoms with Crippen molar-refractivity contribution in [3.05, 3.63) is 35.9 Å². The Balaban J connectivity index is 1.95. The number of hydrogen-bond acceptors (Lipinski definition) is 6. The SMILES string of the molecule is C[C@@H](C(=O)N1C(=O)OC[C@H]1Cc1ccccc1)[C@@H](O[Si](C)(C)C(C)(C)C)[C@H]1COC(C)(C)N1C(=O)O. The number of imide groups is 1. The number of benzene rings is 1. The highest BCUT2D eigenvalue weighted by Crippen LogP contribution is 2.41. The minimum absolute atomic E-state index is 0.0914. The minimum atomic E-state index is -2.45. The second-order valence-electron chi connectivity index (χ2n) is 11.7. The van der Waals surface area contributed by atoms with E-state index in [2.05, 4.69) is 33.9 Å². The molecule has 0 aromatic heterocycles. The van der Waals surface area contributed by atoms with Crippen LogP contribution in [0.1, 0.15) is 47.1 Å². The van der Waals surface area contributed by atoms with Gasteiger partial charge in [0, 0.05) is 0 Å². The van der Waals surface area contributed by atoms with Gasteiger partial charge < -0.3 is 19.0 Å². The molecule has 36 heavy (non-hydrogen) atoms. The lowest BCUT2D eigenvalue weighted by Crippen LogP contribution is -2.59. The maximum Gasteiger partial charge on any atom is 0.416 e. The number of carbonyl (C=O) groups excluding carboxylic acids is 2.